The molecule has 1 heterocycles. The molecular weight excluding hydrogens is 288 g/mol. The molecule has 2 aromatic carbocycles. The second-order valence-corrected chi connectivity index (χ2v) is 5.78. The van der Waals surface area contributed by atoms with Crippen molar-refractivity contribution in [2.75, 3.05) is 10.2 Å². The highest BCUT2D eigenvalue weighted by Gasteiger charge is 2.30. The quantitative estimate of drug-likeness (QED) is 0.945. The van der Waals surface area contributed by atoms with Gasteiger partial charge in [-0.15, -0.1) is 0 Å². The number of rotatable bonds is 3. The van der Waals surface area contributed by atoms with Crippen molar-refractivity contribution in [1.29, 1.82) is 0 Å². The lowest BCUT2D eigenvalue weighted by molar-refractivity contribution is -0.123. The summed E-state index contributed by atoms with van der Waals surface area (Å²) in [5.74, 6) is -0.174. The minimum atomic E-state index is -0.554. The van der Waals surface area contributed by atoms with Gasteiger partial charge in [0.25, 0.3) is 0 Å². The second kappa shape index (κ2) is 6.65. The molecule has 0 aromatic heterocycles. The van der Waals surface area contributed by atoms with Gasteiger partial charge in [-0.3, -0.25) is 14.5 Å². The SMILES string of the molecule is C[C@@H](C(=O)Nc1ccccc1)N1C(=O)CCCc2ccccc21. The molecule has 1 aliphatic heterocycles. The standard InChI is InChI=1S/C19H20N2O2/c1-14(19(23)20-16-10-3-2-4-11-16)21-17-12-6-5-8-15(17)9-7-13-18(21)22/h2-6,8,10-12,14H,7,9,13H2,1H3,(H,20,23)/t14-/m0/s1. The highest BCUT2D eigenvalue weighted by atomic mass is 16.2. The third kappa shape index (κ3) is 3.26. The van der Waals surface area contributed by atoms with E-state index >= 15 is 0 Å². The predicted octanol–water partition coefficient (Wildman–Crippen LogP) is 3.38. The lowest BCUT2D eigenvalue weighted by Crippen LogP contribution is -2.45. The van der Waals surface area contributed by atoms with Crippen LogP contribution in [0.1, 0.15) is 25.3 Å². The average Bonchev–Trinajstić information content (AvgIpc) is 2.73. The number of hydrogen-bond acceptors (Lipinski definition) is 2. The first-order valence-corrected chi connectivity index (χ1v) is 7.92. The number of carbonyl (C=O) groups is 2. The molecule has 0 saturated carbocycles. The average molecular weight is 308 g/mol. The van der Waals surface area contributed by atoms with Crippen LogP contribution in [0.4, 0.5) is 11.4 Å². The number of aryl methyl sites for hydroxylation is 1. The summed E-state index contributed by atoms with van der Waals surface area (Å²) in [7, 11) is 0. The fourth-order valence-corrected chi connectivity index (χ4v) is 2.95. The zero-order valence-electron chi connectivity index (χ0n) is 13.2. The number of carbonyl (C=O) groups excluding carboxylic acids is 2. The Hall–Kier alpha value is -2.62. The summed E-state index contributed by atoms with van der Waals surface area (Å²) in [4.78, 5) is 26.7. The van der Waals surface area contributed by atoms with E-state index in [1.807, 2.05) is 54.6 Å². The van der Waals surface area contributed by atoms with Crippen molar-refractivity contribution in [2.45, 2.75) is 32.2 Å². The molecule has 0 fully saturated rings. The Morgan fingerprint density at radius 3 is 2.52 bits per heavy atom. The van der Waals surface area contributed by atoms with Crippen molar-refractivity contribution in [3.05, 3.63) is 60.2 Å². The van der Waals surface area contributed by atoms with Crippen molar-refractivity contribution < 1.29 is 9.59 Å². The van der Waals surface area contributed by atoms with Crippen molar-refractivity contribution in [3.8, 4) is 0 Å². The molecule has 3 rings (SSSR count). The number of anilines is 2. The van der Waals surface area contributed by atoms with Gasteiger partial charge >= 0.3 is 0 Å². The maximum atomic E-state index is 12.6. The van der Waals surface area contributed by atoms with Crippen LogP contribution in [-0.2, 0) is 16.0 Å². The third-order valence-corrected chi connectivity index (χ3v) is 4.16. The molecule has 0 aliphatic carbocycles. The van der Waals surface area contributed by atoms with E-state index < -0.39 is 6.04 Å². The van der Waals surface area contributed by atoms with E-state index in [0.29, 0.717) is 6.42 Å². The van der Waals surface area contributed by atoms with E-state index in [1.165, 1.54) is 0 Å². The van der Waals surface area contributed by atoms with Gasteiger partial charge in [-0.1, -0.05) is 36.4 Å². The maximum absolute atomic E-state index is 12.6. The van der Waals surface area contributed by atoms with Crippen molar-refractivity contribution >= 4 is 23.2 Å². The molecule has 0 bridgehead atoms. The van der Waals surface area contributed by atoms with Gasteiger partial charge in [0.1, 0.15) is 6.04 Å². The number of nitrogens with zero attached hydrogens (tertiary/aromatic N) is 1. The number of nitrogens with one attached hydrogen (secondary N) is 1. The molecule has 0 radical (unpaired) electrons. The lowest BCUT2D eigenvalue weighted by atomic mass is 10.1. The van der Waals surface area contributed by atoms with Gasteiger partial charge in [0.05, 0.1) is 0 Å². The molecule has 2 amide bonds. The van der Waals surface area contributed by atoms with Gasteiger partial charge in [0, 0.05) is 17.8 Å². The molecule has 23 heavy (non-hydrogen) atoms. The zero-order valence-corrected chi connectivity index (χ0v) is 13.2. The van der Waals surface area contributed by atoms with E-state index in [-0.39, 0.29) is 11.8 Å². The molecule has 1 N–H and O–H groups in total. The molecule has 0 unspecified atom stereocenters. The smallest absolute Gasteiger partial charge is 0.247 e. The summed E-state index contributed by atoms with van der Waals surface area (Å²) < 4.78 is 0. The maximum Gasteiger partial charge on any atom is 0.247 e. The first-order chi connectivity index (χ1) is 11.2. The summed E-state index contributed by atoms with van der Waals surface area (Å²) in [6.45, 7) is 1.78. The zero-order chi connectivity index (χ0) is 16.2. The Morgan fingerprint density at radius 1 is 1.04 bits per heavy atom. The van der Waals surface area contributed by atoms with Crippen LogP contribution in [0, 0.1) is 0 Å². The van der Waals surface area contributed by atoms with Crippen molar-refractivity contribution in [1.82, 2.24) is 0 Å². The van der Waals surface area contributed by atoms with Crippen LogP contribution in [0.15, 0.2) is 54.6 Å². The highest BCUT2D eigenvalue weighted by molar-refractivity contribution is 6.05. The van der Waals surface area contributed by atoms with E-state index in [4.69, 9.17) is 0 Å². The number of para-hydroxylation sites is 2. The third-order valence-electron chi connectivity index (χ3n) is 4.16. The minimum absolute atomic E-state index is 0.00524. The summed E-state index contributed by atoms with van der Waals surface area (Å²) in [5, 5.41) is 2.88. The number of fused-ring (bicyclic) bond motifs is 1. The van der Waals surface area contributed by atoms with Crippen LogP contribution < -0.4 is 10.2 Å². The van der Waals surface area contributed by atoms with Gasteiger partial charge in [-0.05, 0) is 43.5 Å². The normalized spacial score (nSPS) is 15.5. The van der Waals surface area contributed by atoms with Gasteiger partial charge in [0.2, 0.25) is 11.8 Å². The van der Waals surface area contributed by atoms with Crippen LogP contribution in [0.5, 0.6) is 0 Å². The first kappa shape index (κ1) is 15.3. The van der Waals surface area contributed by atoms with Gasteiger partial charge < -0.3 is 5.32 Å². The fraction of sp³-hybridized carbons (Fsp3) is 0.263. The number of hydrogen-bond donors (Lipinski definition) is 1. The van der Waals surface area contributed by atoms with Crippen molar-refractivity contribution in [3.63, 3.8) is 0 Å². The minimum Gasteiger partial charge on any atom is -0.324 e. The summed E-state index contributed by atoms with van der Waals surface area (Å²) >= 11 is 0. The Morgan fingerprint density at radius 2 is 1.74 bits per heavy atom. The monoisotopic (exact) mass is 308 g/mol. The second-order valence-electron chi connectivity index (χ2n) is 5.78. The molecular formula is C19H20N2O2. The Balaban J connectivity index is 1.86. The molecule has 118 valence electrons. The molecule has 0 spiro atoms. The van der Waals surface area contributed by atoms with E-state index in [9.17, 15) is 9.59 Å². The van der Waals surface area contributed by atoms with E-state index in [1.54, 1.807) is 11.8 Å². The summed E-state index contributed by atoms with van der Waals surface area (Å²) in [5.41, 5.74) is 2.71. The first-order valence-electron chi connectivity index (χ1n) is 7.92. The molecule has 1 aliphatic rings. The van der Waals surface area contributed by atoms with Gasteiger partial charge in [0.15, 0.2) is 0 Å². The Labute approximate surface area is 136 Å². The lowest BCUT2D eigenvalue weighted by Gasteiger charge is -2.28. The van der Waals surface area contributed by atoms with Gasteiger partial charge in [-0.2, -0.15) is 0 Å². The van der Waals surface area contributed by atoms with E-state index in [2.05, 4.69) is 5.32 Å². The van der Waals surface area contributed by atoms with E-state index in [0.717, 1.165) is 29.8 Å². The highest BCUT2D eigenvalue weighted by Crippen LogP contribution is 2.28. The summed E-state index contributed by atoms with van der Waals surface area (Å²) in [6, 6.07) is 16.6. The van der Waals surface area contributed by atoms with Crippen molar-refractivity contribution in [2.24, 2.45) is 0 Å². The van der Waals surface area contributed by atoms with Crippen LogP contribution in [0.3, 0.4) is 0 Å². The van der Waals surface area contributed by atoms with Gasteiger partial charge in [-0.25, -0.2) is 0 Å². The Bertz CT molecular complexity index is 712. The summed E-state index contributed by atoms with van der Waals surface area (Å²) in [6.07, 6.45) is 2.16. The predicted molar refractivity (Wildman–Crippen MR) is 91.4 cm³/mol. The number of benzene rings is 2. The molecule has 2 aromatic rings. The molecule has 4 nitrogen and oxygen atoms in total. The topological polar surface area (TPSA) is 49.4 Å². The van der Waals surface area contributed by atoms with Crippen LogP contribution >= 0.6 is 0 Å². The molecule has 4 heteroatoms. The molecule has 0 saturated heterocycles. The van der Waals surface area contributed by atoms with Crippen LogP contribution in [-0.4, -0.2) is 17.9 Å². The molecule has 1 atom stereocenters. The van der Waals surface area contributed by atoms with Crippen LogP contribution in [0.2, 0.25) is 0 Å². The fourth-order valence-electron chi connectivity index (χ4n) is 2.95. The largest absolute Gasteiger partial charge is 0.324 e. The number of amides is 2. The Kier molecular flexibility index (Phi) is 4.42. The van der Waals surface area contributed by atoms with Crippen LogP contribution in [0.25, 0.3) is 0 Å².